The molecule has 0 unspecified atom stereocenters. The predicted octanol–water partition coefficient (Wildman–Crippen LogP) is 4.17. The minimum atomic E-state index is 0.594. The van der Waals surface area contributed by atoms with Crippen molar-refractivity contribution in [2.75, 3.05) is 0 Å². The molecule has 0 saturated heterocycles. The lowest BCUT2D eigenvalue weighted by atomic mass is 10.2. The molecule has 0 N–H and O–H groups in total. The van der Waals surface area contributed by atoms with E-state index < -0.39 is 0 Å². The van der Waals surface area contributed by atoms with E-state index in [1.165, 1.54) is 0 Å². The topological polar surface area (TPSA) is 38.9 Å². The molecular weight excluding hydrogens is 292 g/mol. The molecule has 88 valence electrons. The normalized spacial score (nSPS) is 10.5. The van der Waals surface area contributed by atoms with Crippen LogP contribution in [0.5, 0.6) is 0 Å². The van der Waals surface area contributed by atoms with Gasteiger partial charge in [-0.3, -0.25) is 4.98 Å². The first kappa shape index (κ1) is 11.2. The highest BCUT2D eigenvalue weighted by molar-refractivity contribution is 9.10. The molecule has 0 aliphatic heterocycles. The minimum absolute atomic E-state index is 0.594. The Morgan fingerprint density at radius 3 is 2.72 bits per heavy atom. The van der Waals surface area contributed by atoms with Gasteiger partial charge in [-0.15, -0.1) is 0 Å². The number of hydrogen-bond donors (Lipinski definition) is 0. The monoisotopic (exact) mass is 300 g/mol. The van der Waals surface area contributed by atoms with Gasteiger partial charge in [0.15, 0.2) is 0 Å². The van der Waals surface area contributed by atoms with E-state index in [0.29, 0.717) is 5.89 Å². The molecule has 3 nitrogen and oxygen atoms in total. The summed E-state index contributed by atoms with van der Waals surface area (Å²) in [6.07, 6.45) is 3.36. The lowest BCUT2D eigenvalue weighted by Crippen LogP contribution is -1.82. The number of rotatable bonds is 2. The first-order chi connectivity index (χ1) is 8.83. The first-order valence-electron chi connectivity index (χ1n) is 5.46. The van der Waals surface area contributed by atoms with Gasteiger partial charge < -0.3 is 4.42 Å². The fourth-order valence-corrected chi connectivity index (χ4v) is 2.06. The van der Waals surface area contributed by atoms with Crippen molar-refractivity contribution in [1.82, 2.24) is 9.97 Å². The lowest BCUT2D eigenvalue weighted by Gasteiger charge is -1.95. The van der Waals surface area contributed by atoms with Gasteiger partial charge in [0.1, 0.15) is 12.0 Å². The summed E-state index contributed by atoms with van der Waals surface area (Å²) < 4.78 is 6.49. The maximum absolute atomic E-state index is 5.49. The molecule has 0 saturated carbocycles. The van der Waals surface area contributed by atoms with Crippen LogP contribution in [-0.2, 0) is 0 Å². The molecule has 1 aromatic carbocycles. The quantitative estimate of drug-likeness (QED) is 0.713. The first-order valence-corrected chi connectivity index (χ1v) is 6.25. The van der Waals surface area contributed by atoms with Gasteiger partial charge in [0.2, 0.25) is 5.89 Å². The van der Waals surface area contributed by atoms with Crippen molar-refractivity contribution in [3.05, 3.63) is 59.4 Å². The lowest BCUT2D eigenvalue weighted by molar-refractivity contribution is 0.575. The van der Waals surface area contributed by atoms with E-state index in [1.807, 2.05) is 42.5 Å². The van der Waals surface area contributed by atoms with Gasteiger partial charge in [0, 0.05) is 16.2 Å². The van der Waals surface area contributed by atoms with Crippen LogP contribution in [0.3, 0.4) is 0 Å². The molecule has 0 spiro atoms. The molecule has 0 atom stereocenters. The van der Waals surface area contributed by atoms with Crippen LogP contribution in [0.25, 0.3) is 22.8 Å². The molecule has 0 amide bonds. The number of nitrogens with zero attached hydrogens (tertiary/aromatic N) is 2. The SMILES string of the molecule is Brc1cccc(-c2nc(-c3ccccn3)co2)c1. The van der Waals surface area contributed by atoms with Crippen LogP contribution < -0.4 is 0 Å². The van der Waals surface area contributed by atoms with E-state index in [0.717, 1.165) is 21.4 Å². The second-order valence-electron chi connectivity index (χ2n) is 3.76. The van der Waals surface area contributed by atoms with E-state index in [1.54, 1.807) is 12.5 Å². The Hall–Kier alpha value is -1.94. The Morgan fingerprint density at radius 2 is 1.94 bits per heavy atom. The molecular formula is C14H9BrN2O. The summed E-state index contributed by atoms with van der Waals surface area (Å²) in [4.78, 5) is 8.68. The molecule has 2 aromatic heterocycles. The van der Waals surface area contributed by atoms with Crippen molar-refractivity contribution in [3.8, 4) is 22.8 Å². The van der Waals surface area contributed by atoms with Gasteiger partial charge in [0.25, 0.3) is 0 Å². The number of halogens is 1. The molecule has 0 radical (unpaired) electrons. The number of benzene rings is 1. The van der Waals surface area contributed by atoms with Crippen molar-refractivity contribution in [2.24, 2.45) is 0 Å². The summed E-state index contributed by atoms with van der Waals surface area (Å²) in [5.41, 5.74) is 2.49. The van der Waals surface area contributed by atoms with Crippen LogP contribution >= 0.6 is 15.9 Å². The van der Waals surface area contributed by atoms with Crippen molar-refractivity contribution < 1.29 is 4.42 Å². The maximum Gasteiger partial charge on any atom is 0.226 e. The zero-order chi connectivity index (χ0) is 12.4. The number of hydrogen-bond acceptors (Lipinski definition) is 3. The summed E-state index contributed by atoms with van der Waals surface area (Å²) in [6.45, 7) is 0. The molecule has 0 bridgehead atoms. The van der Waals surface area contributed by atoms with E-state index >= 15 is 0 Å². The summed E-state index contributed by atoms with van der Waals surface area (Å²) >= 11 is 3.43. The predicted molar refractivity (Wildman–Crippen MR) is 72.9 cm³/mol. The van der Waals surface area contributed by atoms with Crippen LogP contribution in [0.15, 0.2) is 63.8 Å². The van der Waals surface area contributed by atoms with Crippen LogP contribution in [0.2, 0.25) is 0 Å². The number of oxazole rings is 1. The molecule has 0 fully saturated rings. The molecule has 2 heterocycles. The van der Waals surface area contributed by atoms with Gasteiger partial charge in [-0.25, -0.2) is 4.98 Å². The summed E-state index contributed by atoms with van der Waals surface area (Å²) in [7, 11) is 0. The Labute approximate surface area is 113 Å². The van der Waals surface area contributed by atoms with E-state index in [9.17, 15) is 0 Å². The van der Waals surface area contributed by atoms with Crippen molar-refractivity contribution in [2.45, 2.75) is 0 Å². The van der Waals surface area contributed by atoms with Crippen molar-refractivity contribution >= 4 is 15.9 Å². The molecule has 3 rings (SSSR count). The summed E-state index contributed by atoms with van der Waals surface area (Å²) in [5.74, 6) is 0.594. The Bertz CT molecular complexity index is 664. The Morgan fingerprint density at radius 1 is 1.00 bits per heavy atom. The van der Waals surface area contributed by atoms with Crippen molar-refractivity contribution in [1.29, 1.82) is 0 Å². The fourth-order valence-electron chi connectivity index (χ4n) is 1.66. The summed E-state index contributed by atoms with van der Waals surface area (Å²) in [6, 6.07) is 13.5. The second-order valence-corrected chi connectivity index (χ2v) is 4.68. The van der Waals surface area contributed by atoms with Crippen molar-refractivity contribution in [3.63, 3.8) is 0 Å². The summed E-state index contributed by atoms with van der Waals surface area (Å²) in [5, 5.41) is 0. The number of aromatic nitrogens is 2. The molecule has 3 aromatic rings. The third-order valence-electron chi connectivity index (χ3n) is 2.50. The maximum atomic E-state index is 5.49. The van der Waals surface area contributed by atoms with Crippen LogP contribution in [0, 0.1) is 0 Å². The van der Waals surface area contributed by atoms with Crippen LogP contribution in [-0.4, -0.2) is 9.97 Å². The van der Waals surface area contributed by atoms with Crippen LogP contribution in [0.1, 0.15) is 0 Å². The molecule has 0 aliphatic rings. The zero-order valence-electron chi connectivity index (χ0n) is 9.38. The van der Waals surface area contributed by atoms with Crippen LogP contribution in [0.4, 0.5) is 0 Å². The highest BCUT2D eigenvalue weighted by Crippen LogP contribution is 2.25. The standard InChI is InChI=1S/C14H9BrN2O/c15-11-5-3-4-10(8-11)14-17-13(9-18-14)12-6-1-2-7-16-12/h1-9H. The van der Waals surface area contributed by atoms with E-state index in [-0.39, 0.29) is 0 Å². The zero-order valence-corrected chi connectivity index (χ0v) is 11.0. The van der Waals surface area contributed by atoms with E-state index in [2.05, 4.69) is 25.9 Å². The van der Waals surface area contributed by atoms with Gasteiger partial charge in [-0.1, -0.05) is 28.1 Å². The average molecular weight is 301 g/mol. The van der Waals surface area contributed by atoms with E-state index in [4.69, 9.17) is 4.42 Å². The van der Waals surface area contributed by atoms with Gasteiger partial charge in [-0.2, -0.15) is 0 Å². The fraction of sp³-hybridized carbons (Fsp3) is 0. The highest BCUT2D eigenvalue weighted by Gasteiger charge is 2.08. The smallest absolute Gasteiger partial charge is 0.226 e. The Balaban J connectivity index is 2.00. The Kier molecular flexibility index (Phi) is 2.94. The third kappa shape index (κ3) is 2.19. The molecule has 18 heavy (non-hydrogen) atoms. The highest BCUT2D eigenvalue weighted by atomic mass is 79.9. The minimum Gasteiger partial charge on any atom is -0.444 e. The largest absolute Gasteiger partial charge is 0.444 e. The molecule has 0 aliphatic carbocycles. The van der Waals surface area contributed by atoms with Gasteiger partial charge in [-0.05, 0) is 30.3 Å². The molecule has 4 heteroatoms. The van der Waals surface area contributed by atoms with Gasteiger partial charge >= 0.3 is 0 Å². The van der Waals surface area contributed by atoms with Gasteiger partial charge in [0.05, 0.1) is 5.69 Å². The average Bonchev–Trinajstić information content (AvgIpc) is 2.89. The number of pyridine rings is 1. The second kappa shape index (κ2) is 4.74. The third-order valence-corrected chi connectivity index (χ3v) is 3.00.